The maximum absolute atomic E-state index is 13.1. The van der Waals surface area contributed by atoms with E-state index in [0.717, 1.165) is 27.6 Å². The number of thiocarbonyl (C=S) groups is 1. The summed E-state index contributed by atoms with van der Waals surface area (Å²) < 4.78 is 65.8. The van der Waals surface area contributed by atoms with Gasteiger partial charge in [-0.15, -0.1) is 12.4 Å². The van der Waals surface area contributed by atoms with Crippen molar-refractivity contribution in [3.63, 3.8) is 0 Å². The number of ketones is 1. The molecule has 5 rings (SSSR count). The largest absolute Gasteiger partial charge is 0.511 e. The zero-order valence-electron chi connectivity index (χ0n) is 22.5. The highest BCUT2D eigenvalue weighted by molar-refractivity contribution is 7.90. The molecule has 2 saturated heterocycles. The molecule has 2 aliphatic rings. The van der Waals surface area contributed by atoms with Gasteiger partial charge in [0.25, 0.3) is 0 Å². The Morgan fingerprint density at radius 3 is 2.48 bits per heavy atom. The van der Waals surface area contributed by atoms with E-state index >= 15 is 0 Å². The molecule has 0 bridgehead atoms. The first-order valence-corrected chi connectivity index (χ1v) is 15.2. The smallest absolute Gasteiger partial charge is 0.392 e. The van der Waals surface area contributed by atoms with E-state index in [1.807, 2.05) is 53.2 Å². The molecule has 2 aromatic carbocycles. The van der Waals surface area contributed by atoms with E-state index in [-0.39, 0.29) is 61.2 Å². The fourth-order valence-electron chi connectivity index (χ4n) is 5.74. The van der Waals surface area contributed by atoms with E-state index in [9.17, 15) is 31.5 Å². The van der Waals surface area contributed by atoms with Crippen LogP contribution in [0.1, 0.15) is 42.9 Å². The molecule has 0 aliphatic carbocycles. The molecular formula is C28H32ClF3N4O4S2. The van der Waals surface area contributed by atoms with E-state index in [4.69, 9.17) is 18.0 Å². The number of benzene rings is 2. The lowest BCUT2D eigenvalue weighted by molar-refractivity contribution is -0.120. The molecule has 0 spiro atoms. The normalized spacial score (nSPS) is 20.5. The standard InChI is InChI=1S/C28H31F3N4O4S2.ClH/c29-28(30,31)41(38,39)34-10-8-20(9-11-34)35-16-23(18-2-1-3-19(13-18)27(32)40)22-6-4-17(12-25(22)35)5-7-26(37)24-14-21(36)15-33-24;/h1-4,6,12-13,16,20-21,24,33,36H,5,7-11,14-15H2,(H2,32,40);1H/t21-,24?;/m0./s1. The number of aliphatic hydroxyl groups is 1. The van der Waals surface area contributed by atoms with Gasteiger partial charge in [-0.25, -0.2) is 8.42 Å². The number of piperidine rings is 1. The highest BCUT2D eigenvalue weighted by Gasteiger charge is 2.50. The van der Waals surface area contributed by atoms with Gasteiger partial charge in [-0.2, -0.15) is 17.5 Å². The highest BCUT2D eigenvalue weighted by Crippen LogP contribution is 2.38. The molecule has 0 amide bonds. The van der Waals surface area contributed by atoms with Crippen LogP contribution >= 0.6 is 24.6 Å². The number of rotatable bonds is 8. The van der Waals surface area contributed by atoms with Gasteiger partial charge in [-0.05, 0) is 48.9 Å². The Balaban J connectivity index is 0.00000405. The summed E-state index contributed by atoms with van der Waals surface area (Å²) in [7, 11) is -5.38. The van der Waals surface area contributed by atoms with E-state index < -0.39 is 21.6 Å². The molecule has 2 fully saturated rings. The van der Waals surface area contributed by atoms with E-state index in [1.54, 1.807) is 0 Å². The predicted molar refractivity (Wildman–Crippen MR) is 161 cm³/mol. The van der Waals surface area contributed by atoms with Gasteiger partial charge >= 0.3 is 15.5 Å². The van der Waals surface area contributed by atoms with Gasteiger partial charge in [0.05, 0.1) is 12.1 Å². The Hall–Kier alpha value is -2.55. The van der Waals surface area contributed by atoms with Crippen LogP contribution in [0.5, 0.6) is 0 Å². The summed E-state index contributed by atoms with van der Waals surface area (Å²) in [6, 6.07) is 12.8. The number of hydrogen-bond donors (Lipinski definition) is 3. The lowest BCUT2D eigenvalue weighted by Gasteiger charge is -2.32. The molecular weight excluding hydrogens is 613 g/mol. The molecule has 8 nitrogen and oxygen atoms in total. The fraction of sp³-hybridized carbons (Fsp3) is 0.429. The summed E-state index contributed by atoms with van der Waals surface area (Å²) in [5, 5.41) is 13.7. The van der Waals surface area contributed by atoms with Gasteiger partial charge in [-0.3, -0.25) is 4.79 Å². The molecule has 42 heavy (non-hydrogen) atoms. The minimum absolute atomic E-state index is 0. The maximum atomic E-state index is 13.1. The predicted octanol–water partition coefficient (Wildman–Crippen LogP) is 4.08. The van der Waals surface area contributed by atoms with Crippen molar-refractivity contribution < 1.29 is 31.5 Å². The lowest BCUT2D eigenvalue weighted by Crippen LogP contribution is -2.45. The van der Waals surface area contributed by atoms with Gasteiger partial charge in [0.1, 0.15) is 10.8 Å². The van der Waals surface area contributed by atoms with Crippen molar-refractivity contribution in [3.8, 4) is 11.1 Å². The van der Waals surface area contributed by atoms with Gasteiger partial charge in [0.2, 0.25) is 0 Å². The number of Topliss-reactive ketones (excluding diaryl/α,β-unsaturated/α-hetero) is 1. The van der Waals surface area contributed by atoms with Crippen molar-refractivity contribution in [2.75, 3.05) is 19.6 Å². The summed E-state index contributed by atoms with van der Waals surface area (Å²) in [6.07, 6.45) is 3.04. The Kier molecular flexibility index (Phi) is 9.70. The number of nitrogens with zero attached hydrogens (tertiary/aromatic N) is 2. The fourth-order valence-corrected chi connectivity index (χ4v) is 6.85. The number of sulfonamides is 1. The van der Waals surface area contributed by atoms with Gasteiger partial charge in [-0.1, -0.05) is 42.5 Å². The summed E-state index contributed by atoms with van der Waals surface area (Å²) in [5.74, 6) is 0.0329. The van der Waals surface area contributed by atoms with Crippen LogP contribution in [-0.4, -0.2) is 70.5 Å². The quantitative estimate of drug-likeness (QED) is 0.317. The third-order valence-electron chi connectivity index (χ3n) is 7.96. The summed E-state index contributed by atoms with van der Waals surface area (Å²) in [5.41, 5.74) is 4.73. The van der Waals surface area contributed by atoms with E-state index in [1.165, 1.54) is 0 Å². The van der Waals surface area contributed by atoms with Crippen molar-refractivity contribution >= 4 is 56.3 Å². The third-order valence-corrected chi connectivity index (χ3v) is 9.83. The number of β-amino-alcohol motifs (C(OH)–C–C–N with tert-alkyl or cyclic N) is 1. The minimum Gasteiger partial charge on any atom is -0.392 e. The average molecular weight is 645 g/mol. The maximum Gasteiger partial charge on any atom is 0.511 e. The molecule has 4 N–H and O–H groups in total. The number of alkyl halides is 3. The first kappa shape index (κ1) is 32.4. The van der Waals surface area contributed by atoms with Crippen molar-refractivity contribution in [2.24, 2.45) is 5.73 Å². The van der Waals surface area contributed by atoms with Crippen LogP contribution in [0.3, 0.4) is 0 Å². The number of aryl methyl sites for hydroxylation is 1. The Labute approximate surface area is 253 Å². The number of aromatic nitrogens is 1. The lowest BCUT2D eigenvalue weighted by atomic mass is 9.99. The molecule has 2 aliphatic heterocycles. The monoisotopic (exact) mass is 644 g/mol. The second-order valence-corrected chi connectivity index (χ2v) is 13.0. The molecule has 0 radical (unpaired) electrons. The molecule has 3 heterocycles. The zero-order chi connectivity index (χ0) is 29.5. The minimum atomic E-state index is -5.38. The molecule has 3 aromatic rings. The molecule has 14 heteroatoms. The second-order valence-electron chi connectivity index (χ2n) is 10.6. The SMILES string of the molecule is Cl.NC(=S)c1cccc(-c2cn(C3CCN(S(=O)(=O)C(F)(F)F)CC3)c3cc(CCC(=O)C4C[C@H](O)CN4)ccc23)c1. The molecule has 2 atom stereocenters. The Morgan fingerprint density at radius 2 is 1.86 bits per heavy atom. The third kappa shape index (κ3) is 6.51. The first-order chi connectivity index (χ1) is 19.3. The topological polar surface area (TPSA) is 118 Å². The number of carbonyl (C=O) groups excluding carboxylic acids is 1. The zero-order valence-corrected chi connectivity index (χ0v) is 25.0. The summed E-state index contributed by atoms with van der Waals surface area (Å²) in [4.78, 5) is 12.9. The second kappa shape index (κ2) is 12.6. The molecule has 1 unspecified atom stereocenters. The highest BCUT2D eigenvalue weighted by atomic mass is 35.5. The van der Waals surface area contributed by atoms with Gasteiger partial charge in [0, 0.05) is 60.3 Å². The van der Waals surface area contributed by atoms with Gasteiger partial charge < -0.3 is 20.7 Å². The molecule has 1 aromatic heterocycles. The van der Waals surface area contributed by atoms with Crippen LogP contribution in [0, 0.1) is 0 Å². The van der Waals surface area contributed by atoms with Gasteiger partial charge in [0.15, 0.2) is 0 Å². The van der Waals surface area contributed by atoms with Crippen LogP contribution in [0.4, 0.5) is 13.2 Å². The summed E-state index contributed by atoms with van der Waals surface area (Å²) >= 11 is 5.15. The van der Waals surface area contributed by atoms with E-state index in [0.29, 0.717) is 35.7 Å². The number of fused-ring (bicyclic) bond motifs is 1. The number of aliphatic hydroxyl groups excluding tert-OH is 1. The van der Waals surface area contributed by atoms with Crippen molar-refractivity contribution in [2.45, 2.75) is 55.8 Å². The number of halogens is 4. The molecule has 0 saturated carbocycles. The first-order valence-electron chi connectivity index (χ1n) is 13.4. The Morgan fingerprint density at radius 1 is 1.14 bits per heavy atom. The average Bonchev–Trinajstić information content (AvgIpc) is 3.55. The van der Waals surface area contributed by atoms with Crippen LogP contribution < -0.4 is 11.1 Å². The van der Waals surface area contributed by atoms with Crippen molar-refractivity contribution in [1.29, 1.82) is 0 Å². The number of nitrogens with two attached hydrogens (primary N) is 1. The van der Waals surface area contributed by atoms with Crippen molar-refractivity contribution in [3.05, 3.63) is 59.8 Å². The summed E-state index contributed by atoms with van der Waals surface area (Å²) in [6.45, 7) is -0.0857. The number of carbonyl (C=O) groups is 1. The van der Waals surface area contributed by atoms with Crippen LogP contribution in [0.2, 0.25) is 0 Å². The Bertz CT molecular complexity index is 1590. The van der Waals surface area contributed by atoms with Crippen LogP contribution in [0.25, 0.3) is 22.0 Å². The van der Waals surface area contributed by atoms with Crippen molar-refractivity contribution in [1.82, 2.24) is 14.2 Å². The number of hydrogen-bond acceptors (Lipinski definition) is 6. The van der Waals surface area contributed by atoms with Crippen LogP contribution in [-0.2, 0) is 21.2 Å². The van der Waals surface area contributed by atoms with E-state index in [2.05, 4.69) is 5.32 Å². The molecule has 228 valence electrons. The van der Waals surface area contributed by atoms with Crippen LogP contribution in [0.15, 0.2) is 48.7 Å². The number of nitrogens with one attached hydrogen (secondary N) is 1.